The second-order valence-electron chi connectivity index (χ2n) is 5.75. The number of fused-ring (bicyclic) bond motifs is 1. The minimum Gasteiger partial charge on any atom is -0.303 e. The van der Waals surface area contributed by atoms with E-state index in [0.29, 0.717) is 17.7 Å². The molecule has 1 saturated heterocycles. The molecule has 2 aliphatic heterocycles. The van der Waals surface area contributed by atoms with Gasteiger partial charge >= 0.3 is 0 Å². The van der Waals surface area contributed by atoms with Crippen LogP contribution in [0.2, 0.25) is 0 Å². The monoisotopic (exact) mass is 285 g/mol. The number of hydrogen-bond acceptors (Lipinski definition) is 3. The van der Waals surface area contributed by atoms with E-state index >= 15 is 0 Å². The lowest BCUT2D eigenvalue weighted by atomic mass is 10.1. The third-order valence-corrected chi connectivity index (χ3v) is 4.27. The molecule has 0 spiro atoms. The molecule has 0 aromatic heterocycles. The van der Waals surface area contributed by atoms with Gasteiger partial charge in [0.15, 0.2) is 0 Å². The largest absolute Gasteiger partial charge is 0.303 e. The van der Waals surface area contributed by atoms with E-state index in [-0.39, 0.29) is 11.8 Å². The molecule has 0 N–H and O–H groups in total. The Balaban J connectivity index is 1.44. The second-order valence-corrected chi connectivity index (χ2v) is 5.75. The van der Waals surface area contributed by atoms with E-state index in [1.807, 2.05) is 0 Å². The molecule has 0 aliphatic carbocycles. The highest BCUT2D eigenvalue weighted by atomic mass is 16.2. The number of imide groups is 1. The van der Waals surface area contributed by atoms with Crippen molar-refractivity contribution in [3.63, 3.8) is 0 Å². The van der Waals surface area contributed by atoms with Crippen LogP contribution >= 0.6 is 0 Å². The number of carbonyl (C=O) groups excluding carboxylic acids is 2. The SMILES string of the molecule is O=C1c2ccccc2C(=O)N1CCCCCN1C[CH]CC1. The number of carbonyl (C=O) groups is 2. The van der Waals surface area contributed by atoms with Crippen molar-refractivity contribution < 1.29 is 9.59 Å². The summed E-state index contributed by atoms with van der Waals surface area (Å²) >= 11 is 0. The van der Waals surface area contributed by atoms with Crippen molar-refractivity contribution in [2.75, 3.05) is 26.2 Å². The average Bonchev–Trinajstić information content (AvgIpc) is 3.10. The topological polar surface area (TPSA) is 40.6 Å². The fraction of sp³-hybridized carbons (Fsp3) is 0.471. The molecule has 4 heteroatoms. The zero-order valence-corrected chi connectivity index (χ0v) is 12.3. The summed E-state index contributed by atoms with van der Waals surface area (Å²) in [4.78, 5) is 28.2. The minimum atomic E-state index is -0.134. The van der Waals surface area contributed by atoms with Crippen LogP contribution in [0, 0.1) is 6.42 Å². The summed E-state index contributed by atoms with van der Waals surface area (Å²) in [5, 5.41) is 0. The number of amides is 2. The molecule has 0 unspecified atom stereocenters. The fourth-order valence-electron chi connectivity index (χ4n) is 3.07. The predicted octanol–water partition coefficient (Wildman–Crippen LogP) is 2.36. The van der Waals surface area contributed by atoms with Gasteiger partial charge in [-0.15, -0.1) is 0 Å². The van der Waals surface area contributed by atoms with Gasteiger partial charge < -0.3 is 4.90 Å². The number of rotatable bonds is 6. The minimum absolute atomic E-state index is 0.134. The van der Waals surface area contributed by atoms with Crippen LogP contribution in [0.4, 0.5) is 0 Å². The van der Waals surface area contributed by atoms with E-state index in [2.05, 4.69) is 11.3 Å². The zero-order valence-electron chi connectivity index (χ0n) is 12.3. The molecule has 1 aromatic rings. The van der Waals surface area contributed by atoms with Gasteiger partial charge in [0.1, 0.15) is 0 Å². The molecule has 3 rings (SSSR count). The highest BCUT2D eigenvalue weighted by molar-refractivity contribution is 6.21. The van der Waals surface area contributed by atoms with Gasteiger partial charge in [-0.2, -0.15) is 0 Å². The van der Waals surface area contributed by atoms with E-state index < -0.39 is 0 Å². The van der Waals surface area contributed by atoms with Crippen molar-refractivity contribution in [3.8, 4) is 0 Å². The van der Waals surface area contributed by atoms with Crippen LogP contribution in [0.5, 0.6) is 0 Å². The molecule has 0 bridgehead atoms. The lowest BCUT2D eigenvalue weighted by Crippen LogP contribution is -2.30. The number of benzene rings is 1. The van der Waals surface area contributed by atoms with Crippen LogP contribution in [0.25, 0.3) is 0 Å². The van der Waals surface area contributed by atoms with Crippen LogP contribution in [-0.4, -0.2) is 47.8 Å². The van der Waals surface area contributed by atoms with Crippen molar-refractivity contribution in [3.05, 3.63) is 41.8 Å². The van der Waals surface area contributed by atoms with Gasteiger partial charge in [0.2, 0.25) is 0 Å². The third-order valence-electron chi connectivity index (χ3n) is 4.27. The lowest BCUT2D eigenvalue weighted by Gasteiger charge is -2.16. The molecule has 0 atom stereocenters. The van der Waals surface area contributed by atoms with Crippen molar-refractivity contribution in [2.45, 2.75) is 25.7 Å². The van der Waals surface area contributed by atoms with Gasteiger partial charge in [-0.05, 0) is 50.9 Å². The van der Waals surface area contributed by atoms with Crippen molar-refractivity contribution in [1.29, 1.82) is 0 Å². The number of hydrogen-bond donors (Lipinski definition) is 0. The Morgan fingerprint density at radius 3 is 2.19 bits per heavy atom. The van der Waals surface area contributed by atoms with Crippen molar-refractivity contribution >= 4 is 11.8 Å². The smallest absolute Gasteiger partial charge is 0.261 e. The van der Waals surface area contributed by atoms with E-state index in [0.717, 1.165) is 32.4 Å². The van der Waals surface area contributed by atoms with E-state index in [1.54, 1.807) is 24.3 Å². The summed E-state index contributed by atoms with van der Waals surface area (Å²) < 4.78 is 0. The molecule has 1 aromatic carbocycles. The average molecular weight is 285 g/mol. The molecule has 4 nitrogen and oxygen atoms in total. The van der Waals surface area contributed by atoms with Crippen molar-refractivity contribution in [2.24, 2.45) is 0 Å². The van der Waals surface area contributed by atoms with Crippen LogP contribution in [-0.2, 0) is 0 Å². The Morgan fingerprint density at radius 2 is 1.57 bits per heavy atom. The van der Waals surface area contributed by atoms with Gasteiger partial charge in [-0.25, -0.2) is 0 Å². The Hall–Kier alpha value is -1.68. The Labute approximate surface area is 125 Å². The first-order chi connectivity index (χ1) is 10.3. The molecular weight excluding hydrogens is 264 g/mol. The maximum atomic E-state index is 12.2. The maximum absolute atomic E-state index is 12.2. The summed E-state index contributed by atoms with van der Waals surface area (Å²) in [6.45, 7) is 3.95. The van der Waals surface area contributed by atoms with E-state index in [4.69, 9.17) is 0 Å². The first-order valence-electron chi connectivity index (χ1n) is 7.76. The van der Waals surface area contributed by atoms with Crippen LogP contribution in [0.15, 0.2) is 24.3 Å². The van der Waals surface area contributed by atoms with E-state index in [9.17, 15) is 9.59 Å². The van der Waals surface area contributed by atoms with Crippen LogP contribution < -0.4 is 0 Å². The summed E-state index contributed by atoms with van der Waals surface area (Å²) in [6, 6.07) is 7.08. The highest BCUT2D eigenvalue weighted by Crippen LogP contribution is 2.22. The zero-order chi connectivity index (χ0) is 14.7. The maximum Gasteiger partial charge on any atom is 0.261 e. The standard InChI is InChI=1S/C17H21N2O2/c20-16-14-8-2-3-9-15(14)17(21)19(16)13-5-1-4-10-18-11-6-7-12-18/h2-3,6,8-9H,1,4-5,7,10-13H2. The van der Waals surface area contributed by atoms with Gasteiger partial charge in [-0.3, -0.25) is 14.5 Å². The Bertz CT molecular complexity index is 500. The lowest BCUT2D eigenvalue weighted by molar-refractivity contribution is 0.0651. The molecule has 2 heterocycles. The number of likely N-dealkylation sites (tertiary alicyclic amines) is 1. The molecule has 2 amide bonds. The first-order valence-corrected chi connectivity index (χ1v) is 7.76. The predicted molar refractivity (Wildman–Crippen MR) is 81.0 cm³/mol. The fourth-order valence-corrected chi connectivity index (χ4v) is 3.07. The van der Waals surface area contributed by atoms with Gasteiger partial charge in [0.25, 0.3) is 11.8 Å². The normalized spacial score (nSPS) is 18.6. The van der Waals surface area contributed by atoms with E-state index in [1.165, 1.54) is 17.9 Å². The molecule has 111 valence electrons. The molecule has 1 fully saturated rings. The van der Waals surface area contributed by atoms with Gasteiger partial charge in [0, 0.05) is 13.1 Å². The third kappa shape index (κ3) is 3.00. The van der Waals surface area contributed by atoms with Gasteiger partial charge in [0.05, 0.1) is 11.1 Å². The molecular formula is C17H21N2O2. The summed E-state index contributed by atoms with van der Waals surface area (Å²) in [6.07, 6.45) is 6.61. The highest BCUT2D eigenvalue weighted by Gasteiger charge is 2.34. The number of unbranched alkanes of at least 4 members (excludes halogenated alkanes) is 2. The van der Waals surface area contributed by atoms with Crippen LogP contribution in [0.3, 0.4) is 0 Å². The van der Waals surface area contributed by atoms with Crippen molar-refractivity contribution in [1.82, 2.24) is 9.80 Å². The molecule has 2 aliphatic rings. The second kappa shape index (κ2) is 6.39. The van der Waals surface area contributed by atoms with Crippen LogP contribution in [0.1, 0.15) is 46.4 Å². The summed E-state index contributed by atoms with van der Waals surface area (Å²) in [5.41, 5.74) is 1.10. The molecule has 0 saturated carbocycles. The summed E-state index contributed by atoms with van der Waals surface area (Å²) in [7, 11) is 0. The number of nitrogens with zero attached hydrogens (tertiary/aromatic N) is 2. The van der Waals surface area contributed by atoms with Gasteiger partial charge in [-0.1, -0.05) is 18.6 Å². The Kier molecular flexibility index (Phi) is 4.34. The first kappa shape index (κ1) is 14.3. The molecule has 21 heavy (non-hydrogen) atoms. The Morgan fingerprint density at radius 1 is 0.905 bits per heavy atom. The summed E-state index contributed by atoms with van der Waals surface area (Å²) in [5.74, 6) is -0.269. The quantitative estimate of drug-likeness (QED) is 0.595. The molecule has 1 radical (unpaired) electrons.